The molecule has 20 heavy (non-hydrogen) atoms. The first-order valence-electron chi connectivity index (χ1n) is 6.94. The van der Waals surface area contributed by atoms with Gasteiger partial charge in [-0.1, -0.05) is 13.0 Å². The van der Waals surface area contributed by atoms with E-state index in [4.69, 9.17) is 10.5 Å². The van der Waals surface area contributed by atoms with E-state index in [1.807, 2.05) is 19.1 Å². The average Bonchev–Trinajstić information content (AvgIpc) is 2.47. The van der Waals surface area contributed by atoms with E-state index < -0.39 is 0 Å². The number of ether oxygens (including phenoxy) is 1. The Bertz CT molecular complexity index is 447. The van der Waals surface area contributed by atoms with Crippen molar-refractivity contribution in [3.05, 3.63) is 23.9 Å². The lowest BCUT2D eigenvalue weighted by Gasteiger charge is -2.28. The monoisotopic (exact) mass is 278 g/mol. The zero-order valence-corrected chi connectivity index (χ0v) is 11.8. The van der Waals surface area contributed by atoms with Crippen molar-refractivity contribution in [2.45, 2.75) is 13.5 Å². The molecule has 0 spiro atoms. The van der Waals surface area contributed by atoms with Crippen LogP contribution in [0, 0.1) is 5.92 Å². The van der Waals surface area contributed by atoms with Crippen molar-refractivity contribution in [2.24, 2.45) is 5.92 Å². The first kappa shape index (κ1) is 14.7. The van der Waals surface area contributed by atoms with E-state index in [1.54, 1.807) is 6.20 Å². The highest BCUT2D eigenvalue weighted by atomic mass is 16.5. The summed E-state index contributed by atoms with van der Waals surface area (Å²) in [6.45, 7) is 6.42. The lowest BCUT2D eigenvalue weighted by Crippen LogP contribution is -2.42. The fourth-order valence-corrected chi connectivity index (χ4v) is 2.21. The molecule has 1 unspecified atom stereocenters. The molecule has 0 radical (unpaired) electrons. The Hall–Kier alpha value is -1.66. The van der Waals surface area contributed by atoms with Gasteiger partial charge in [-0.05, 0) is 6.07 Å². The van der Waals surface area contributed by atoms with Gasteiger partial charge >= 0.3 is 0 Å². The lowest BCUT2D eigenvalue weighted by atomic mass is 10.1. The summed E-state index contributed by atoms with van der Waals surface area (Å²) in [6.07, 6.45) is 1.64. The van der Waals surface area contributed by atoms with Gasteiger partial charge in [0.2, 0.25) is 5.91 Å². The van der Waals surface area contributed by atoms with Crippen molar-refractivity contribution in [3.63, 3.8) is 0 Å². The van der Waals surface area contributed by atoms with Gasteiger partial charge in [0.25, 0.3) is 0 Å². The molecule has 0 aliphatic carbocycles. The molecule has 2 heterocycles. The maximum Gasteiger partial charge on any atom is 0.224 e. The van der Waals surface area contributed by atoms with E-state index in [-0.39, 0.29) is 11.8 Å². The van der Waals surface area contributed by atoms with Gasteiger partial charge in [0, 0.05) is 43.9 Å². The van der Waals surface area contributed by atoms with Crippen LogP contribution in [-0.2, 0) is 16.1 Å². The molecular formula is C14H22N4O2. The summed E-state index contributed by atoms with van der Waals surface area (Å²) in [5.74, 6) is 0.458. The Morgan fingerprint density at radius 3 is 3.00 bits per heavy atom. The molecule has 1 atom stereocenters. The van der Waals surface area contributed by atoms with Gasteiger partial charge in [0.1, 0.15) is 5.82 Å². The van der Waals surface area contributed by atoms with Crippen molar-refractivity contribution >= 4 is 11.7 Å². The zero-order valence-electron chi connectivity index (χ0n) is 11.8. The Labute approximate surface area is 119 Å². The quantitative estimate of drug-likeness (QED) is 0.807. The molecule has 6 heteroatoms. The minimum Gasteiger partial charge on any atom is -0.383 e. The number of nitrogens with two attached hydrogens (primary N) is 1. The first-order valence-corrected chi connectivity index (χ1v) is 6.94. The number of aromatic nitrogens is 1. The molecule has 2 rings (SSSR count). The lowest BCUT2D eigenvalue weighted by molar-refractivity contribution is -0.125. The number of anilines is 1. The second-order valence-electron chi connectivity index (χ2n) is 5.08. The molecule has 0 saturated carbocycles. The Morgan fingerprint density at radius 1 is 1.55 bits per heavy atom. The third-order valence-electron chi connectivity index (χ3n) is 3.46. The van der Waals surface area contributed by atoms with Crippen LogP contribution in [0.5, 0.6) is 0 Å². The SMILES string of the molecule is CC(CN1CCOCC1)C(=O)NCc1cccnc1N. The first-order chi connectivity index (χ1) is 9.66. The predicted molar refractivity (Wildman–Crippen MR) is 76.9 cm³/mol. The van der Waals surface area contributed by atoms with Crippen molar-refractivity contribution in [3.8, 4) is 0 Å². The molecule has 1 aromatic rings. The fourth-order valence-electron chi connectivity index (χ4n) is 2.21. The van der Waals surface area contributed by atoms with Gasteiger partial charge in [0.15, 0.2) is 0 Å². The second kappa shape index (κ2) is 7.21. The van der Waals surface area contributed by atoms with Crippen LogP contribution in [0.2, 0.25) is 0 Å². The van der Waals surface area contributed by atoms with Gasteiger partial charge in [-0.2, -0.15) is 0 Å². The van der Waals surface area contributed by atoms with E-state index in [0.717, 1.165) is 38.4 Å². The number of nitrogens with zero attached hydrogens (tertiary/aromatic N) is 2. The molecule has 1 saturated heterocycles. The van der Waals surface area contributed by atoms with Gasteiger partial charge < -0.3 is 15.8 Å². The minimum absolute atomic E-state index is 0.0414. The highest BCUT2D eigenvalue weighted by molar-refractivity contribution is 5.78. The molecule has 6 nitrogen and oxygen atoms in total. The van der Waals surface area contributed by atoms with Crippen molar-refractivity contribution in [2.75, 3.05) is 38.6 Å². The Morgan fingerprint density at radius 2 is 2.30 bits per heavy atom. The van der Waals surface area contributed by atoms with Crippen LogP contribution in [0.25, 0.3) is 0 Å². The topological polar surface area (TPSA) is 80.5 Å². The normalized spacial score (nSPS) is 17.6. The molecular weight excluding hydrogens is 256 g/mol. The van der Waals surface area contributed by atoms with Crippen LogP contribution in [0.1, 0.15) is 12.5 Å². The summed E-state index contributed by atoms with van der Waals surface area (Å²) in [7, 11) is 0. The molecule has 1 aliphatic heterocycles. The molecule has 1 fully saturated rings. The molecule has 0 bridgehead atoms. The number of carbonyl (C=O) groups excluding carboxylic acids is 1. The van der Waals surface area contributed by atoms with Crippen LogP contribution in [-0.4, -0.2) is 48.6 Å². The zero-order chi connectivity index (χ0) is 14.4. The highest BCUT2D eigenvalue weighted by Crippen LogP contribution is 2.08. The summed E-state index contributed by atoms with van der Waals surface area (Å²) in [5, 5.41) is 2.91. The van der Waals surface area contributed by atoms with Crippen LogP contribution in [0.15, 0.2) is 18.3 Å². The third-order valence-corrected chi connectivity index (χ3v) is 3.46. The number of rotatable bonds is 5. The van der Waals surface area contributed by atoms with E-state index in [9.17, 15) is 4.79 Å². The van der Waals surface area contributed by atoms with Gasteiger partial charge in [-0.25, -0.2) is 4.98 Å². The summed E-state index contributed by atoms with van der Waals surface area (Å²) < 4.78 is 5.30. The summed E-state index contributed by atoms with van der Waals surface area (Å²) in [4.78, 5) is 18.3. The average molecular weight is 278 g/mol. The van der Waals surface area contributed by atoms with E-state index in [0.29, 0.717) is 12.4 Å². The van der Waals surface area contributed by atoms with E-state index in [1.165, 1.54) is 0 Å². The van der Waals surface area contributed by atoms with Gasteiger partial charge in [-0.3, -0.25) is 9.69 Å². The van der Waals surface area contributed by atoms with Crippen molar-refractivity contribution in [1.29, 1.82) is 0 Å². The maximum atomic E-state index is 12.1. The standard InChI is InChI=1S/C14H22N4O2/c1-11(10-18-5-7-20-8-6-18)14(19)17-9-12-3-2-4-16-13(12)15/h2-4,11H,5-10H2,1H3,(H2,15,16)(H,17,19). The number of amides is 1. The minimum atomic E-state index is -0.0500. The van der Waals surface area contributed by atoms with Crippen LogP contribution in [0.4, 0.5) is 5.82 Å². The van der Waals surface area contributed by atoms with Crippen LogP contribution < -0.4 is 11.1 Å². The number of morpholine rings is 1. The second-order valence-corrected chi connectivity index (χ2v) is 5.08. The number of hydrogen-bond donors (Lipinski definition) is 2. The highest BCUT2D eigenvalue weighted by Gasteiger charge is 2.18. The molecule has 1 aliphatic rings. The smallest absolute Gasteiger partial charge is 0.224 e. The molecule has 0 aromatic carbocycles. The van der Waals surface area contributed by atoms with Gasteiger partial charge in [0.05, 0.1) is 13.2 Å². The van der Waals surface area contributed by atoms with Crippen molar-refractivity contribution < 1.29 is 9.53 Å². The molecule has 1 aromatic heterocycles. The molecule has 1 amide bonds. The summed E-state index contributed by atoms with van der Waals surface area (Å²) in [5.41, 5.74) is 6.59. The predicted octanol–water partition coefficient (Wildman–Crippen LogP) is 0.248. The van der Waals surface area contributed by atoms with Gasteiger partial charge in [-0.15, -0.1) is 0 Å². The fraction of sp³-hybridized carbons (Fsp3) is 0.571. The number of pyridine rings is 1. The molecule has 3 N–H and O–H groups in total. The number of nitrogen functional groups attached to an aromatic ring is 1. The third kappa shape index (κ3) is 4.18. The summed E-state index contributed by atoms with van der Waals surface area (Å²) in [6, 6.07) is 3.68. The van der Waals surface area contributed by atoms with Crippen molar-refractivity contribution in [1.82, 2.24) is 15.2 Å². The molecule has 110 valence electrons. The number of hydrogen-bond acceptors (Lipinski definition) is 5. The Balaban J connectivity index is 1.77. The van der Waals surface area contributed by atoms with E-state index >= 15 is 0 Å². The Kier molecular flexibility index (Phi) is 5.31. The summed E-state index contributed by atoms with van der Waals surface area (Å²) >= 11 is 0. The van der Waals surface area contributed by atoms with Crippen LogP contribution in [0.3, 0.4) is 0 Å². The maximum absolute atomic E-state index is 12.1. The van der Waals surface area contributed by atoms with Crippen LogP contribution >= 0.6 is 0 Å². The number of nitrogens with one attached hydrogen (secondary N) is 1. The largest absolute Gasteiger partial charge is 0.383 e. The van der Waals surface area contributed by atoms with E-state index in [2.05, 4.69) is 15.2 Å². The number of carbonyl (C=O) groups is 1.